The Morgan fingerprint density at radius 1 is 1.17 bits per heavy atom. The Kier molecular flexibility index (Phi) is 7.54. The molecule has 1 rings (SSSR count). The Balaban J connectivity index is 2.53. The zero-order valence-corrected chi connectivity index (χ0v) is 14.0. The average molecular weight is 338 g/mol. The van der Waals surface area contributed by atoms with Crippen molar-refractivity contribution in [1.82, 2.24) is 10.2 Å². The number of nitrogens with zero attached hydrogens (tertiary/aromatic N) is 1. The van der Waals surface area contributed by atoms with Gasteiger partial charge in [0.05, 0.1) is 20.8 Å². The Morgan fingerprint density at radius 3 is 2.42 bits per heavy atom. The third-order valence-corrected chi connectivity index (χ3v) is 3.36. The van der Waals surface area contributed by atoms with E-state index in [0.717, 1.165) is 0 Å². The summed E-state index contributed by atoms with van der Waals surface area (Å²) in [5.41, 5.74) is 0.342. The maximum Gasteiger partial charge on any atom is 0.303 e. The van der Waals surface area contributed by atoms with Crippen LogP contribution in [0.15, 0.2) is 18.2 Å². The first-order chi connectivity index (χ1) is 11.4. The van der Waals surface area contributed by atoms with Crippen molar-refractivity contribution in [1.29, 1.82) is 0 Å². The fourth-order valence-electron chi connectivity index (χ4n) is 1.96. The summed E-state index contributed by atoms with van der Waals surface area (Å²) in [6.45, 7) is 0.147. The summed E-state index contributed by atoms with van der Waals surface area (Å²) in [7, 11) is 4.53. The van der Waals surface area contributed by atoms with Crippen molar-refractivity contribution >= 4 is 17.8 Å². The van der Waals surface area contributed by atoms with Gasteiger partial charge in [0.25, 0.3) is 5.91 Å². The minimum absolute atomic E-state index is 0.00434. The predicted octanol–water partition coefficient (Wildman–Crippen LogP) is 0.757. The summed E-state index contributed by atoms with van der Waals surface area (Å²) in [6, 6.07) is 4.69. The molecule has 0 atom stereocenters. The highest BCUT2D eigenvalue weighted by Crippen LogP contribution is 2.27. The zero-order valence-electron chi connectivity index (χ0n) is 14.0. The average Bonchev–Trinajstić information content (AvgIpc) is 2.58. The molecule has 0 aromatic heterocycles. The number of ether oxygens (including phenoxy) is 2. The Hall–Kier alpha value is -2.77. The molecule has 8 heteroatoms. The molecule has 8 nitrogen and oxygen atoms in total. The Labute approximate surface area is 140 Å². The lowest BCUT2D eigenvalue weighted by Gasteiger charge is -2.17. The third-order valence-electron chi connectivity index (χ3n) is 3.36. The summed E-state index contributed by atoms with van der Waals surface area (Å²) < 4.78 is 10.2. The van der Waals surface area contributed by atoms with Crippen LogP contribution in [0.1, 0.15) is 23.2 Å². The quantitative estimate of drug-likeness (QED) is 0.689. The number of hydrogen-bond donors (Lipinski definition) is 2. The maximum absolute atomic E-state index is 12.1. The topological polar surface area (TPSA) is 105 Å². The molecule has 0 fully saturated rings. The fourth-order valence-corrected chi connectivity index (χ4v) is 1.96. The minimum atomic E-state index is -0.905. The largest absolute Gasteiger partial charge is 0.493 e. The molecule has 0 radical (unpaired) electrons. The normalized spacial score (nSPS) is 9.96. The van der Waals surface area contributed by atoms with E-state index in [2.05, 4.69) is 5.32 Å². The molecule has 2 amide bonds. The van der Waals surface area contributed by atoms with E-state index in [0.29, 0.717) is 30.0 Å². The lowest BCUT2D eigenvalue weighted by Crippen LogP contribution is -2.38. The molecule has 1 aromatic rings. The Morgan fingerprint density at radius 2 is 1.83 bits per heavy atom. The highest BCUT2D eigenvalue weighted by molar-refractivity contribution is 5.97. The number of hydrogen-bond acceptors (Lipinski definition) is 5. The molecule has 0 saturated heterocycles. The number of amides is 2. The molecule has 0 heterocycles. The van der Waals surface area contributed by atoms with Gasteiger partial charge >= 0.3 is 5.97 Å². The van der Waals surface area contributed by atoms with Crippen molar-refractivity contribution < 1.29 is 29.0 Å². The van der Waals surface area contributed by atoms with Crippen molar-refractivity contribution in [2.75, 3.05) is 34.4 Å². The van der Waals surface area contributed by atoms with Crippen LogP contribution in [-0.2, 0) is 9.59 Å². The van der Waals surface area contributed by atoms with E-state index in [1.165, 1.54) is 25.2 Å². The van der Waals surface area contributed by atoms with Crippen LogP contribution in [0.5, 0.6) is 11.5 Å². The number of carbonyl (C=O) groups excluding carboxylic acids is 2. The van der Waals surface area contributed by atoms with Gasteiger partial charge < -0.3 is 24.8 Å². The van der Waals surface area contributed by atoms with Crippen LogP contribution < -0.4 is 14.8 Å². The number of benzene rings is 1. The molecule has 132 valence electrons. The van der Waals surface area contributed by atoms with Crippen molar-refractivity contribution in [3.63, 3.8) is 0 Å². The van der Waals surface area contributed by atoms with Gasteiger partial charge in [0.2, 0.25) is 5.91 Å². The number of aliphatic carboxylic acids is 1. The lowest BCUT2D eigenvalue weighted by molar-refractivity contribution is -0.137. The molecule has 0 aliphatic carbocycles. The molecular weight excluding hydrogens is 316 g/mol. The smallest absolute Gasteiger partial charge is 0.303 e. The van der Waals surface area contributed by atoms with Crippen molar-refractivity contribution in [3.8, 4) is 11.5 Å². The van der Waals surface area contributed by atoms with E-state index in [1.807, 2.05) is 0 Å². The molecule has 24 heavy (non-hydrogen) atoms. The first-order valence-electron chi connectivity index (χ1n) is 7.35. The fraction of sp³-hybridized carbons (Fsp3) is 0.438. The summed E-state index contributed by atoms with van der Waals surface area (Å²) in [5.74, 6) is -0.694. The number of methoxy groups -OCH3 is 2. The second-order valence-corrected chi connectivity index (χ2v) is 5.07. The highest BCUT2D eigenvalue weighted by atomic mass is 16.5. The second kappa shape index (κ2) is 9.39. The summed E-state index contributed by atoms with van der Waals surface area (Å²) in [6.07, 6.45) is 0.358. The van der Waals surface area contributed by atoms with Gasteiger partial charge in [-0.25, -0.2) is 0 Å². The van der Waals surface area contributed by atoms with Crippen LogP contribution in [-0.4, -0.2) is 62.1 Å². The van der Waals surface area contributed by atoms with Gasteiger partial charge in [-0.15, -0.1) is 0 Å². The van der Waals surface area contributed by atoms with E-state index in [-0.39, 0.29) is 18.9 Å². The van der Waals surface area contributed by atoms with E-state index < -0.39 is 11.9 Å². The monoisotopic (exact) mass is 338 g/mol. The number of nitrogens with one attached hydrogen (secondary N) is 1. The maximum atomic E-state index is 12.1. The molecule has 0 saturated carbocycles. The summed E-state index contributed by atoms with van der Waals surface area (Å²) in [5, 5.41) is 11.1. The van der Waals surface area contributed by atoms with E-state index >= 15 is 0 Å². The van der Waals surface area contributed by atoms with Gasteiger partial charge in [-0.2, -0.15) is 0 Å². The zero-order chi connectivity index (χ0) is 18.1. The molecule has 0 bridgehead atoms. The van der Waals surface area contributed by atoms with E-state index in [4.69, 9.17) is 14.6 Å². The van der Waals surface area contributed by atoms with Crippen LogP contribution in [0.3, 0.4) is 0 Å². The first kappa shape index (κ1) is 19.3. The third kappa shape index (κ3) is 5.79. The predicted molar refractivity (Wildman–Crippen MR) is 86.4 cm³/mol. The van der Waals surface area contributed by atoms with Crippen LogP contribution >= 0.6 is 0 Å². The van der Waals surface area contributed by atoms with E-state index in [9.17, 15) is 14.4 Å². The van der Waals surface area contributed by atoms with Crippen molar-refractivity contribution in [2.24, 2.45) is 0 Å². The number of carboxylic acid groups (broad SMARTS) is 1. The van der Waals surface area contributed by atoms with Crippen LogP contribution in [0.2, 0.25) is 0 Å². The lowest BCUT2D eigenvalue weighted by atomic mass is 10.2. The van der Waals surface area contributed by atoms with E-state index in [1.54, 1.807) is 19.2 Å². The second-order valence-electron chi connectivity index (χ2n) is 5.07. The minimum Gasteiger partial charge on any atom is -0.493 e. The SMILES string of the molecule is COc1ccc(C(=O)NCC(=O)N(C)CCCC(=O)O)cc1OC. The molecular formula is C16H22N2O6. The molecule has 0 aliphatic rings. The molecule has 1 aromatic carbocycles. The van der Waals surface area contributed by atoms with Gasteiger partial charge in [0, 0.05) is 25.6 Å². The number of carboxylic acids is 1. The summed E-state index contributed by atoms with van der Waals surface area (Å²) in [4.78, 5) is 35.8. The number of likely N-dealkylation sites (N-methyl/N-ethyl adjacent to an activating group) is 1. The van der Waals surface area contributed by atoms with Crippen LogP contribution in [0.4, 0.5) is 0 Å². The standard InChI is InChI=1S/C16H22N2O6/c1-18(8-4-5-15(20)21)14(19)10-17-16(22)11-6-7-12(23-2)13(9-11)24-3/h6-7,9H,4-5,8,10H2,1-3H3,(H,17,22)(H,20,21). The number of carbonyl (C=O) groups is 3. The first-order valence-corrected chi connectivity index (χ1v) is 7.35. The van der Waals surface area contributed by atoms with Crippen LogP contribution in [0.25, 0.3) is 0 Å². The molecule has 0 spiro atoms. The molecule has 0 unspecified atom stereocenters. The Bertz CT molecular complexity index is 602. The van der Waals surface area contributed by atoms with Crippen molar-refractivity contribution in [2.45, 2.75) is 12.8 Å². The van der Waals surface area contributed by atoms with Gasteiger partial charge in [-0.05, 0) is 24.6 Å². The van der Waals surface area contributed by atoms with Crippen LogP contribution in [0, 0.1) is 0 Å². The molecule has 2 N–H and O–H groups in total. The summed E-state index contributed by atoms with van der Waals surface area (Å²) >= 11 is 0. The van der Waals surface area contributed by atoms with Gasteiger partial charge in [-0.3, -0.25) is 14.4 Å². The van der Waals surface area contributed by atoms with Gasteiger partial charge in [0.1, 0.15) is 0 Å². The van der Waals surface area contributed by atoms with Gasteiger partial charge in [0.15, 0.2) is 11.5 Å². The molecule has 0 aliphatic heterocycles. The highest BCUT2D eigenvalue weighted by Gasteiger charge is 2.14. The van der Waals surface area contributed by atoms with Crippen molar-refractivity contribution in [3.05, 3.63) is 23.8 Å². The number of rotatable bonds is 9. The van der Waals surface area contributed by atoms with Gasteiger partial charge in [-0.1, -0.05) is 0 Å².